The van der Waals surface area contributed by atoms with E-state index in [0.29, 0.717) is 24.3 Å². The topological polar surface area (TPSA) is 56.1 Å². The molecule has 1 aromatic carbocycles. The Hall–Kier alpha value is -1.45. The van der Waals surface area contributed by atoms with Gasteiger partial charge in [0.15, 0.2) is 0 Å². The quantitative estimate of drug-likeness (QED) is 0.439. The fraction of sp³-hybridized carbons (Fsp3) is 0.312. The highest BCUT2D eigenvalue weighted by Crippen LogP contribution is 2.28. The summed E-state index contributed by atoms with van der Waals surface area (Å²) in [7, 11) is 1.94. The number of ether oxygens (including phenoxy) is 1. The van der Waals surface area contributed by atoms with Crippen molar-refractivity contribution >= 4 is 51.0 Å². The first kappa shape index (κ1) is 16.0. The molecule has 0 atom stereocenters. The Morgan fingerprint density at radius 2 is 1.96 bits per heavy atom. The van der Waals surface area contributed by atoms with Gasteiger partial charge in [-0.3, -0.25) is 4.68 Å². The fourth-order valence-corrected chi connectivity index (χ4v) is 3.79. The number of benzene rings is 1. The van der Waals surface area contributed by atoms with Crippen LogP contribution in [0.25, 0.3) is 22.2 Å². The molecule has 0 saturated carbocycles. The number of halogens is 2. The standard InChI is InChI=1S/C16H15ClIN5O/c1-22-13-8-10(2-3-11(13)15(18)21-22)12-9-14(17)20-16(19-12)23-4-6-24-7-5-23/h2-3,8-9H,4-7H2,1H3. The number of aryl methyl sites for hydroxylation is 1. The van der Waals surface area contributed by atoms with Crippen LogP contribution in [-0.4, -0.2) is 46.1 Å². The second-order valence-electron chi connectivity index (χ2n) is 5.62. The van der Waals surface area contributed by atoms with Crippen molar-refractivity contribution in [2.45, 2.75) is 0 Å². The van der Waals surface area contributed by atoms with Crippen molar-refractivity contribution in [3.05, 3.63) is 33.1 Å². The molecule has 3 heterocycles. The Labute approximate surface area is 157 Å². The molecule has 0 unspecified atom stereocenters. The van der Waals surface area contributed by atoms with Gasteiger partial charge < -0.3 is 9.64 Å². The number of rotatable bonds is 2. The highest BCUT2D eigenvalue weighted by atomic mass is 127. The number of fused-ring (bicyclic) bond motifs is 1. The molecular weight excluding hydrogens is 441 g/mol. The Morgan fingerprint density at radius 3 is 2.75 bits per heavy atom. The summed E-state index contributed by atoms with van der Waals surface area (Å²) in [6.45, 7) is 2.92. The SMILES string of the molecule is Cn1nc(I)c2ccc(-c3cc(Cl)nc(N4CCOCC4)n3)cc21. The van der Waals surface area contributed by atoms with Crippen molar-refractivity contribution in [3.63, 3.8) is 0 Å². The van der Waals surface area contributed by atoms with E-state index in [2.05, 4.69) is 49.7 Å². The Kier molecular flexibility index (Phi) is 4.31. The van der Waals surface area contributed by atoms with Gasteiger partial charge in [-0.1, -0.05) is 17.7 Å². The van der Waals surface area contributed by atoms with Crippen LogP contribution < -0.4 is 4.90 Å². The molecule has 0 spiro atoms. The van der Waals surface area contributed by atoms with Crippen LogP contribution >= 0.6 is 34.2 Å². The Morgan fingerprint density at radius 1 is 1.17 bits per heavy atom. The van der Waals surface area contributed by atoms with E-state index < -0.39 is 0 Å². The zero-order valence-corrected chi connectivity index (χ0v) is 16.0. The molecule has 8 heteroatoms. The van der Waals surface area contributed by atoms with Crippen molar-refractivity contribution in [1.29, 1.82) is 0 Å². The number of aromatic nitrogens is 4. The summed E-state index contributed by atoms with van der Waals surface area (Å²) in [5, 5.41) is 6.04. The number of nitrogens with zero attached hydrogens (tertiary/aromatic N) is 5. The van der Waals surface area contributed by atoms with Crippen LogP contribution in [0, 0.1) is 3.70 Å². The van der Waals surface area contributed by atoms with Gasteiger partial charge in [-0.2, -0.15) is 5.10 Å². The van der Waals surface area contributed by atoms with Crippen LogP contribution in [0.15, 0.2) is 24.3 Å². The van der Waals surface area contributed by atoms with Gasteiger partial charge in [0.25, 0.3) is 0 Å². The monoisotopic (exact) mass is 455 g/mol. The lowest BCUT2D eigenvalue weighted by Gasteiger charge is -2.27. The highest BCUT2D eigenvalue weighted by Gasteiger charge is 2.16. The van der Waals surface area contributed by atoms with Gasteiger partial charge in [-0.05, 0) is 34.7 Å². The first-order chi connectivity index (χ1) is 11.6. The number of hydrogen-bond acceptors (Lipinski definition) is 5. The van der Waals surface area contributed by atoms with E-state index in [9.17, 15) is 0 Å². The minimum atomic E-state index is 0.446. The van der Waals surface area contributed by atoms with Crippen LogP contribution in [-0.2, 0) is 11.8 Å². The summed E-state index contributed by atoms with van der Waals surface area (Å²) in [4.78, 5) is 11.2. The minimum absolute atomic E-state index is 0.446. The maximum Gasteiger partial charge on any atom is 0.227 e. The normalized spacial score (nSPS) is 15.2. The molecule has 1 aliphatic rings. The van der Waals surface area contributed by atoms with E-state index in [4.69, 9.17) is 21.3 Å². The predicted molar refractivity (Wildman–Crippen MR) is 102 cm³/mol. The van der Waals surface area contributed by atoms with Gasteiger partial charge >= 0.3 is 0 Å². The van der Waals surface area contributed by atoms with Crippen LogP contribution in [0.5, 0.6) is 0 Å². The van der Waals surface area contributed by atoms with E-state index in [1.165, 1.54) is 0 Å². The molecule has 0 N–H and O–H groups in total. The summed E-state index contributed by atoms with van der Waals surface area (Å²) in [6, 6.07) is 8.01. The summed E-state index contributed by atoms with van der Waals surface area (Å²) in [6.07, 6.45) is 0. The first-order valence-electron chi connectivity index (χ1n) is 7.62. The van der Waals surface area contributed by atoms with Crippen molar-refractivity contribution < 1.29 is 4.74 Å². The summed E-state index contributed by atoms with van der Waals surface area (Å²) in [5.74, 6) is 0.653. The maximum absolute atomic E-state index is 6.24. The van der Waals surface area contributed by atoms with Gasteiger partial charge in [0.05, 0.1) is 24.4 Å². The molecule has 24 heavy (non-hydrogen) atoms. The third kappa shape index (κ3) is 2.96. The lowest BCUT2D eigenvalue weighted by Crippen LogP contribution is -2.37. The van der Waals surface area contributed by atoms with Crippen molar-refractivity contribution in [3.8, 4) is 11.3 Å². The number of hydrogen-bond donors (Lipinski definition) is 0. The van der Waals surface area contributed by atoms with Crippen LogP contribution in [0.2, 0.25) is 5.15 Å². The third-order valence-electron chi connectivity index (χ3n) is 4.08. The van der Waals surface area contributed by atoms with E-state index in [0.717, 1.165) is 39.0 Å². The Balaban J connectivity index is 1.78. The lowest BCUT2D eigenvalue weighted by atomic mass is 10.1. The molecule has 0 aliphatic carbocycles. The van der Waals surface area contributed by atoms with Gasteiger partial charge in [0, 0.05) is 37.2 Å². The molecule has 1 saturated heterocycles. The average Bonchev–Trinajstić information content (AvgIpc) is 2.89. The summed E-state index contributed by atoms with van der Waals surface area (Å²) < 4.78 is 8.26. The minimum Gasteiger partial charge on any atom is -0.378 e. The van der Waals surface area contributed by atoms with Gasteiger partial charge in [0.1, 0.15) is 8.85 Å². The lowest BCUT2D eigenvalue weighted by molar-refractivity contribution is 0.122. The molecule has 0 radical (unpaired) electrons. The molecular formula is C16H15ClIN5O. The van der Waals surface area contributed by atoms with Gasteiger partial charge in [-0.15, -0.1) is 0 Å². The molecule has 124 valence electrons. The molecule has 6 nitrogen and oxygen atoms in total. The molecule has 4 rings (SSSR count). The van der Waals surface area contributed by atoms with Crippen molar-refractivity contribution in [2.24, 2.45) is 7.05 Å². The molecule has 3 aromatic rings. The van der Waals surface area contributed by atoms with E-state index >= 15 is 0 Å². The van der Waals surface area contributed by atoms with Crippen LogP contribution in [0.3, 0.4) is 0 Å². The van der Waals surface area contributed by atoms with Crippen LogP contribution in [0.1, 0.15) is 0 Å². The zero-order valence-electron chi connectivity index (χ0n) is 13.0. The second kappa shape index (κ2) is 6.45. The fourth-order valence-electron chi connectivity index (χ4n) is 2.83. The zero-order chi connectivity index (χ0) is 16.7. The number of anilines is 1. The third-order valence-corrected chi connectivity index (χ3v) is 5.07. The molecule has 0 amide bonds. The molecule has 0 bridgehead atoms. The Bertz CT molecular complexity index is 907. The van der Waals surface area contributed by atoms with E-state index in [1.54, 1.807) is 6.07 Å². The maximum atomic E-state index is 6.24. The molecule has 1 fully saturated rings. The smallest absolute Gasteiger partial charge is 0.227 e. The van der Waals surface area contributed by atoms with E-state index in [-0.39, 0.29) is 0 Å². The van der Waals surface area contributed by atoms with Gasteiger partial charge in [0.2, 0.25) is 5.95 Å². The van der Waals surface area contributed by atoms with E-state index in [1.807, 2.05) is 17.8 Å². The average molecular weight is 456 g/mol. The molecule has 1 aliphatic heterocycles. The molecule has 2 aromatic heterocycles. The van der Waals surface area contributed by atoms with Crippen molar-refractivity contribution in [1.82, 2.24) is 19.7 Å². The van der Waals surface area contributed by atoms with Crippen LogP contribution in [0.4, 0.5) is 5.95 Å². The number of morpholine rings is 1. The highest BCUT2D eigenvalue weighted by molar-refractivity contribution is 14.1. The second-order valence-corrected chi connectivity index (χ2v) is 7.03. The predicted octanol–water partition coefficient (Wildman–Crippen LogP) is 3.12. The summed E-state index contributed by atoms with van der Waals surface area (Å²) >= 11 is 8.49. The summed E-state index contributed by atoms with van der Waals surface area (Å²) in [5.41, 5.74) is 2.88. The van der Waals surface area contributed by atoms with Crippen molar-refractivity contribution in [2.75, 3.05) is 31.2 Å². The first-order valence-corrected chi connectivity index (χ1v) is 9.07. The van der Waals surface area contributed by atoms with Gasteiger partial charge in [-0.25, -0.2) is 9.97 Å². The largest absolute Gasteiger partial charge is 0.378 e.